The molecule has 2 rings (SSSR count). The Kier molecular flexibility index (Phi) is 5.26. The molecular formula is C14H16Cl2F3NO2S. The van der Waals surface area contributed by atoms with Crippen molar-refractivity contribution < 1.29 is 21.6 Å². The van der Waals surface area contributed by atoms with Crippen molar-refractivity contribution in [3.63, 3.8) is 0 Å². The Hall–Kier alpha value is -0.500. The average molecular weight is 390 g/mol. The van der Waals surface area contributed by atoms with Gasteiger partial charge in [-0.2, -0.15) is 17.5 Å². The fourth-order valence-corrected chi connectivity index (χ4v) is 5.37. The van der Waals surface area contributed by atoms with Crippen LogP contribution in [-0.2, 0) is 10.0 Å². The van der Waals surface area contributed by atoms with E-state index in [4.69, 9.17) is 23.2 Å². The molecule has 1 aromatic rings. The molecule has 23 heavy (non-hydrogen) atoms. The maximum Gasteiger partial charge on any atom is 0.393 e. The predicted molar refractivity (Wildman–Crippen MR) is 83.5 cm³/mol. The number of alkyl halides is 3. The second-order valence-corrected chi connectivity index (χ2v) is 8.35. The zero-order valence-electron chi connectivity index (χ0n) is 12.5. The third-order valence-corrected chi connectivity index (χ3v) is 7.06. The van der Waals surface area contributed by atoms with E-state index in [1.165, 1.54) is 13.0 Å². The molecule has 1 aliphatic heterocycles. The maximum atomic E-state index is 12.9. The van der Waals surface area contributed by atoms with Crippen LogP contribution in [0, 0.1) is 19.8 Å². The Morgan fingerprint density at radius 2 is 1.87 bits per heavy atom. The van der Waals surface area contributed by atoms with Crippen LogP contribution in [0.2, 0.25) is 10.0 Å². The molecule has 1 aromatic carbocycles. The molecule has 1 heterocycles. The van der Waals surface area contributed by atoms with Gasteiger partial charge in [0.25, 0.3) is 0 Å². The first-order chi connectivity index (χ1) is 10.5. The number of piperidine rings is 1. The molecule has 0 saturated carbocycles. The molecule has 0 bridgehead atoms. The Labute approximate surface area is 143 Å². The highest BCUT2D eigenvalue weighted by Crippen LogP contribution is 2.39. The lowest BCUT2D eigenvalue weighted by Gasteiger charge is -2.33. The molecule has 130 valence electrons. The van der Waals surface area contributed by atoms with Crippen LogP contribution in [0.25, 0.3) is 0 Å². The Balaban J connectivity index is 2.47. The highest BCUT2D eigenvalue weighted by atomic mass is 35.5. The molecule has 0 aliphatic carbocycles. The Morgan fingerprint density at radius 1 is 1.26 bits per heavy atom. The van der Waals surface area contributed by atoms with Crippen molar-refractivity contribution >= 4 is 33.2 Å². The molecule has 1 fully saturated rings. The van der Waals surface area contributed by atoms with Gasteiger partial charge in [-0.1, -0.05) is 23.2 Å². The number of hydrogen-bond acceptors (Lipinski definition) is 2. The van der Waals surface area contributed by atoms with Crippen molar-refractivity contribution in [1.29, 1.82) is 0 Å². The van der Waals surface area contributed by atoms with Crippen LogP contribution in [0.1, 0.15) is 24.0 Å². The number of hydrogen-bond donors (Lipinski definition) is 0. The summed E-state index contributed by atoms with van der Waals surface area (Å²) in [5.74, 6) is -1.66. The number of aryl methyl sites for hydroxylation is 1. The molecule has 0 N–H and O–H groups in total. The first kappa shape index (κ1) is 18.8. The number of nitrogens with zero attached hydrogens (tertiary/aromatic N) is 1. The molecule has 0 radical (unpaired) electrons. The maximum absolute atomic E-state index is 12.9. The molecule has 1 saturated heterocycles. The van der Waals surface area contributed by atoms with E-state index < -0.39 is 28.7 Å². The summed E-state index contributed by atoms with van der Waals surface area (Å²) in [7, 11) is -4.14. The van der Waals surface area contributed by atoms with Crippen LogP contribution in [0.5, 0.6) is 0 Å². The fraction of sp³-hybridized carbons (Fsp3) is 0.571. The fourth-order valence-electron chi connectivity index (χ4n) is 2.68. The SMILES string of the molecule is Cc1cc(Cl)c(C)c(S(=O)(=O)N2CCCC(C(F)(F)F)C2)c1Cl. The van der Waals surface area contributed by atoms with Gasteiger partial charge in [-0.05, 0) is 43.9 Å². The lowest BCUT2D eigenvalue weighted by atomic mass is 9.99. The largest absolute Gasteiger partial charge is 0.393 e. The van der Waals surface area contributed by atoms with Gasteiger partial charge in [0.1, 0.15) is 4.90 Å². The summed E-state index contributed by atoms with van der Waals surface area (Å²) in [5, 5.41) is 0.218. The predicted octanol–water partition coefficient (Wildman–Crippen LogP) is 4.57. The van der Waals surface area contributed by atoms with Crippen molar-refractivity contribution in [2.75, 3.05) is 13.1 Å². The summed E-state index contributed by atoms with van der Waals surface area (Å²) in [6.07, 6.45) is -4.34. The molecule has 0 amide bonds. The standard InChI is InChI=1S/C14H16Cl2F3NO2S/c1-8-6-11(15)9(2)13(12(8)16)23(21,22)20-5-3-4-10(7-20)14(17,18)19/h6,10H,3-5,7H2,1-2H3. The minimum atomic E-state index is -4.42. The van der Waals surface area contributed by atoms with Crippen molar-refractivity contribution in [2.45, 2.75) is 37.8 Å². The summed E-state index contributed by atoms with van der Waals surface area (Å²) < 4.78 is 65.3. The van der Waals surface area contributed by atoms with Gasteiger partial charge in [0, 0.05) is 18.1 Å². The summed E-state index contributed by atoms with van der Waals surface area (Å²) in [6.45, 7) is 2.54. The van der Waals surface area contributed by atoms with E-state index in [0.29, 0.717) is 5.56 Å². The number of halogens is 5. The molecule has 1 atom stereocenters. The highest BCUT2D eigenvalue weighted by molar-refractivity contribution is 7.89. The third kappa shape index (κ3) is 3.62. The molecule has 0 spiro atoms. The van der Waals surface area contributed by atoms with Crippen molar-refractivity contribution in [1.82, 2.24) is 4.31 Å². The first-order valence-electron chi connectivity index (χ1n) is 6.98. The topological polar surface area (TPSA) is 37.4 Å². The lowest BCUT2D eigenvalue weighted by molar-refractivity contribution is -0.182. The average Bonchev–Trinajstić information content (AvgIpc) is 2.44. The van der Waals surface area contributed by atoms with Crippen molar-refractivity contribution in [2.24, 2.45) is 5.92 Å². The van der Waals surface area contributed by atoms with E-state index >= 15 is 0 Å². The zero-order valence-corrected chi connectivity index (χ0v) is 14.9. The molecular weight excluding hydrogens is 374 g/mol. The van der Waals surface area contributed by atoms with Gasteiger partial charge in [0.05, 0.1) is 10.9 Å². The van der Waals surface area contributed by atoms with E-state index in [1.54, 1.807) is 6.92 Å². The van der Waals surface area contributed by atoms with Gasteiger partial charge in [-0.25, -0.2) is 8.42 Å². The smallest absolute Gasteiger partial charge is 0.207 e. The quantitative estimate of drug-likeness (QED) is 0.742. The minimum Gasteiger partial charge on any atom is -0.207 e. The van der Waals surface area contributed by atoms with Gasteiger partial charge in [-0.3, -0.25) is 0 Å². The van der Waals surface area contributed by atoms with E-state index in [9.17, 15) is 21.6 Å². The molecule has 3 nitrogen and oxygen atoms in total. The van der Waals surface area contributed by atoms with Crippen molar-refractivity contribution in [3.05, 3.63) is 27.2 Å². The van der Waals surface area contributed by atoms with Crippen LogP contribution >= 0.6 is 23.2 Å². The molecule has 1 unspecified atom stereocenters. The van der Waals surface area contributed by atoms with Crippen LogP contribution in [0.3, 0.4) is 0 Å². The molecule has 1 aliphatic rings. The van der Waals surface area contributed by atoms with E-state index in [2.05, 4.69) is 0 Å². The van der Waals surface area contributed by atoms with Gasteiger partial charge >= 0.3 is 6.18 Å². The van der Waals surface area contributed by atoms with Crippen LogP contribution in [0.4, 0.5) is 13.2 Å². The van der Waals surface area contributed by atoms with Crippen LogP contribution in [0.15, 0.2) is 11.0 Å². The second-order valence-electron chi connectivity index (χ2n) is 5.69. The highest BCUT2D eigenvalue weighted by Gasteiger charge is 2.45. The van der Waals surface area contributed by atoms with Crippen molar-refractivity contribution in [3.8, 4) is 0 Å². The van der Waals surface area contributed by atoms with Gasteiger partial charge in [0.15, 0.2) is 0 Å². The van der Waals surface area contributed by atoms with E-state index in [1.807, 2.05) is 0 Å². The number of rotatable bonds is 2. The third-order valence-electron chi connectivity index (χ3n) is 4.03. The Bertz CT molecular complexity index is 693. The lowest BCUT2D eigenvalue weighted by Crippen LogP contribution is -2.44. The van der Waals surface area contributed by atoms with E-state index in [0.717, 1.165) is 4.31 Å². The second kappa shape index (κ2) is 6.43. The molecule has 0 aromatic heterocycles. The normalized spacial score (nSPS) is 20.7. The zero-order chi connectivity index (χ0) is 17.6. The Morgan fingerprint density at radius 3 is 2.43 bits per heavy atom. The summed E-state index contributed by atoms with van der Waals surface area (Å²) in [5.41, 5.74) is 0.710. The van der Waals surface area contributed by atoms with E-state index in [-0.39, 0.29) is 39.9 Å². The van der Waals surface area contributed by atoms with Crippen LogP contribution in [-0.4, -0.2) is 32.0 Å². The van der Waals surface area contributed by atoms with Gasteiger partial charge in [0.2, 0.25) is 10.0 Å². The number of sulfonamides is 1. The molecule has 9 heteroatoms. The van der Waals surface area contributed by atoms with Gasteiger partial charge < -0.3 is 0 Å². The minimum absolute atomic E-state index is 0.000956. The van der Waals surface area contributed by atoms with Gasteiger partial charge in [-0.15, -0.1) is 0 Å². The number of benzene rings is 1. The summed E-state index contributed by atoms with van der Waals surface area (Å²) >= 11 is 12.1. The summed E-state index contributed by atoms with van der Waals surface area (Å²) in [6, 6.07) is 1.53. The summed E-state index contributed by atoms with van der Waals surface area (Å²) in [4.78, 5) is -0.202. The first-order valence-corrected chi connectivity index (χ1v) is 9.18. The monoisotopic (exact) mass is 389 g/mol. The van der Waals surface area contributed by atoms with Crippen LogP contribution < -0.4 is 0 Å².